The number of hydrogen-bond donors (Lipinski definition) is 1. The molecule has 1 heterocycles. The van der Waals surface area contributed by atoms with Crippen molar-refractivity contribution in [2.75, 3.05) is 11.9 Å². The van der Waals surface area contributed by atoms with Crippen LogP contribution in [0.15, 0.2) is 52.9 Å². The second-order valence-electron chi connectivity index (χ2n) is 5.71. The third-order valence-electron chi connectivity index (χ3n) is 3.52. The summed E-state index contributed by atoms with van der Waals surface area (Å²) in [5.74, 6) is 0.323. The number of nitrogens with one attached hydrogen (secondary N) is 1. The maximum Gasteiger partial charge on any atom is 0.310 e. The van der Waals surface area contributed by atoms with Crippen LogP contribution in [0.4, 0.5) is 10.8 Å². The number of thioether (sulfide) groups is 1. The third-order valence-corrected chi connectivity index (χ3v) is 5.56. The normalized spacial score (nSPS) is 10.5. The zero-order valence-corrected chi connectivity index (χ0v) is 16.5. The highest BCUT2D eigenvalue weighted by Gasteiger charge is 2.15. The van der Waals surface area contributed by atoms with Gasteiger partial charge < -0.3 is 4.74 Å². The van der Waals surface area contributed by atoms with E-state index >= 15 is 0 Å². The van der Waals surface area contributed by atoms with Crippen molar-refractivity contribution in [3.8, 4) is 5.75 Å². The molecule has 3 aromatic rings. The number of para-hydroxylation sites is 2. The summed E-state index contributed by atoms with van der Waals surface area (Å²) < 4.78 is 5.99. The summed E-state index contributed by atoms with van der Waals surface area (Å²) in [6.07, 6.45) is 0. The number of nitro groups is 1. The second kappa shape index (κ2) is 9.29. The van der Waals surface area contributed by atoms with Gasteiger partial charge >= 0.3 is 5.69 Å². The second-order valence-corrected chi connectivity index (χ2v) is 7.91. The Morgan fingerprint density at radius 1 is 1.25 bits per heavy atom. The molecule has 1 amide bonds. The quantitative estimate of drug-likeness (QED) is 0.255. The largest absolute Gasteiger partial charge is 0.477 e. The minimum atomic E-state index is -0.560. The number of rotatable bonds is 8. The molecule has 10 heteroatoms. The summed E-state index contributed by atoms with van der Waals surface area (Å²) in [4.78, 5) is 22.4. The molecule has 0 aliphatic rings. The first-order valence-electron chi connectivity index (χ1n) is 8.19. The Morgan fingerprint density at radius 3 is 2.86 bits per heavy atom. The van der Waals surface area contributed by atoms with Crippen LogP contribution in [0.25, 0.3) is 0 Å². The van der Waals surface area contributed by atoms with Gasteiger partial charge in [0.2, 0.25) is 5.13 Å². The van der Waals surface area contributed by atoms with Crippen molar-refractivity contribution in [3.05, 3.63) is 69.8 Å². The van der Waals surface area contributed by atoms with Crippen molar-refractivity contribution < 1.29 is 14.5 Å². The van der Waals surface area contributed by atoms with Crippen molar-refractivity contribution in [2.24, 2.45) is 0 Å². The predicted molar refractivity (Wildman–Crippen MR) is 108 cm³/mol. The fraction of sp³-hybridized carbons (Fsp3) is 0.167. The standard InChI is InChI=1S/C18H16N4O4S2/c1-12-5-4-6-13(9-12)11-27-18-21-20-17(28-18)19-16(23)10-26-15-8-3-2-7-14(15)22(24)25/h2-9H,10-11H2,1H3,(H,19,20,23). The van der Waals surface area contributed by atoms with Gasteiger partial charge in [0, 0.05) is 11.8 Å². The number of benzene rings is 2. The molecule has 0 aliphatic carbocycles. The van der Waals surface area contributed by atoms with Crippen molar-refractivity contribution in [1.82, 2.24) is 10.2 Å². The molecule has 0 atom stereocenters. The van der Waals surface area contributed by atoms with Crippen LogP contribution in [0.1, 0.15) is 11.1 Å². The molecule has 28 heavy (non-hydrogen) atoms. The maximum absolute atomic E-state index is 12.0. The number of amides is 1. The van der Waals surface area contributed by atoms with Gasteiger partial charge in [0.25, 0.3) is 5.91 Å². The number of ether oxygens (including phenoxy) is 1. The minimum absolute atomic E-state index is 0.0364. The fourth-order valence-corrected chi connectivity index (χ4v) is 4.01. The molecular weight excluding hydrogens is 400 g/mol. The summed E-state index contributed by atoms with van der Waals surface area (Å²) in [7, 11) is 0. The molecule has 8 nitrogen and oxygen atoms in total. The van der Waals surface area contributed by atoms with E-state index in [2.05, 4.69) is 21.6 Å². The number of anilines is 1. The predicted octanol–water partition coefficient (Wildman–Crippen LogP) is 4.06. The average Bonchev–Trinajstić information content (AvgIpc) is 3.12. The Hall–Kier alpha value is -2.98. The first kappa shape index (κ1) is 19.8. The molecule has 0 fully saturated rings. The minimum Gasteiger partial charge on any atom is -0.477 e. The van der Waals surface area contributed by atoms with E-state index < -0.39 is 10.8 Å². The molecule has 0 saturated carbocycles. The molecule has 144 valence electrons. The van der Waals surface area contributed by atoms with E-state index in [0.717, 1.165) is 10.1 Å². The van der Waals surface area contributed by atoms with Gasteiger partial charge in [-0.15, -0.1) is 10.2 Å². The van der Waals surface area contributed by atoms with Gasteiger partial charge in [-0.25, -0.2) is 0 Å². The average molecular weight is 416 g/mol. The molecule has 1 aromatic heterocycles. The molecule has 3 rings (SSSR count). The van der Waals surface area contributed by atoms with Crippen LogP contribution in [-0.2, 0) is 10.5 Å². The Bertz CT molecular complexity index is 993. The van der Waals surface area contributed by atoms with Crippen molar-refractivity contribution in [3.63, 3.8) is 0 Å². The van der Waals surface area contributed by atoms with Crippen LogP contribution in [-0.4, -0.2) is 27.6 Å². The Morgan fingerprint density at radius 2 is 2.07 bits per heavy atom. The molecule has 0 bridgehead atoms. The topological polar surface area (TPSA) is 107 Å². The zero-order chi connectivity index (χ0) is 19.9. The fourth-order valence-electron chi connectivity index (χ4n) is 2.29. The first-order chi connectivity index (χ1) is 13.5. The zero-order valence-electron chi connectivity index (χ0n) is 14.8. The number of nitro benzene ring substituents is 1. The third kappa shape index (κ3) is 5.51. The van der Waals surface area contributed by atoms with E-state index in [-0.39, 0.29) is 18.0 Å². The van der Waals surface area contributed by atoms with Gasteiger partial charge in [-0.05, 0) is 18.6 Å². The van der Waals surface area contributed by atoms with E-state index in [1.54, 1.807) is 6.07 Å². The summed E-state index contributed by atoms with van der Waals surface area (Å²) >= 11 is 2.79. The number of nitrogens with zero attached hydrogens (tertiary/aromatic N) is 3. The van der Waals surface area contributed by atoms with Gasteiger partial charge in [0.15, 0.2) is 16.7 Å². The Balaban J connectivity index is 1.51. The van der Waals surface area contributed by atoms with Gasteiger partial charge in [0.05, 0.1) is 4.92 Å². The van der Waals surface area contributed by atoms with Crippen LogP contribution in [0.3, 0.4) is 0 Å². The number of carbonyl (C=O) groups is 1. The van der Waals surface area contributed by atoms with E-state index in [4.69, 9.17) is 4.74 Å². The van der Waals surface area contributed by atoms with Crippen molar-refractivity contribution in [2.45, 2.75) is 17.0 Å². The molecule has 0 saturated heterocycles. The van der Waals surface area contributed by atoms with Gasteiger partial charge in [-0.1, -0.05) is 65.1 Å². The van der Waals surface area contributed by atoms with Crippen LogP contribution >= 0.6 is 23.1 Å². The SMILES string of the molecule is Cc1cccc(CSc2nnc(NC(=O)COc3ccccc3[N+](=O)[O-])s2)c1. The highest BCUT2D eigenvalue weighted by atomic mass is 32.2. The van der Waals surface area contributed by atoms with E-state index in [1.165, 1.54) is 52.4 Å². The van der Waals surface area contributed by atoms with E-state index in [0.29, 0.717) is 5.13 Å². The lowest BCUT2D eigenvalue weighted by Crippen LogP contribution is -2.20. The maximum atomic E-state index is 12.0. The molecule has 0 unspecified atom stereocenters. The van der Waals surface area contributed by atoms with Gasteiger partial charge in [0.1, 0.15) is 0 Å². The first-order valence-corrected chi connectivity index (χ1v) is 9.99. The highest BCUT2D eigenvalue weighted by Crippen LogP contribution is 2.29. The monoisotopic (exact) mass is 416 g/mol. The Kier molecular flexibility index (Phi) is 6.56. The molecular formula is C18H16N4O4S2. The summed E-state index contributed by atoms with van der Waals surface area (Å²) in [6.45, 7) is 1.68. The van der Waals surface area contributed by atoms with Crippen molar-refractivity contribution in [1.29, 1.82) is 0 Å². The lowest BCUT2D eigenvalue weighted by molar-refractivity contribution is -0.385. The summed E-state index contributed by atoms with van der Waals surface area (Å²) in [6, 6.07) is 14.1. The molecule has 0 spiro atoms. The summed E-state index contributed by atoms with van der Waals surface area (Å²) in [5.41, 5.74) is 2.19. The number of aromatic nitrogens is 2. The number of aryl methyl sites for hydroxylation is 1. The molecule has 1 N–H and O–H groups in total. The molecule has 0 aliphatic heterocycles. The molecule has 2 aromatic carbocycles. The van der Waals surface area contributed by atoms with Crippen LogP contribution < -0.4 is 10.1 Å². The van der Waals surface area contributed by atoms with Crippen LogP contribution in [0, 0.1) is 17.0 Å². The number of carbonyl (C=O) groups excluding carboxylic acids is 1. The van der Waals surface area contributed by atoms with Gasteiger partial charge in [-0.2, -0.15) is 0 Å². The van der Waals surface area contributed by atoms with Crippen LogP contribution in [0.2, 0.25) is 0 Å². The Labute approximate surface area is 169 Å². The smallest absolute Gasteiger partial charge is 0.310 e. The van der Waals surface area contributed by atoms with Crippen molar-refractivity contribution >= 4 is 39.8 Å². The number of hydrogen-bond acceptors (Lipinski definition) is 8. The lowest BCUT2D eigenvalue weighted by atomic mass is 10.2. The lowest BCUT2D eigenvalue weighted by Gasteiger charge is -2.05. The highest BCUT2D eigenvalue weighted by molar-refractivity contribution is 8.00. The molecule has 0 radical (unpaired) electrons. The van der Waals surface area contributed by atoms with Gasteiger partial charge in [-0.3, -0.25) is 20.2 Å². The van der Waals surface area contributed by atoms with E-state index in [1.807, 2.05) is 25.1 Å². The van der Waals surface area contributed by atoms with Crippen LogP contribution in [0.5, 0.6) is 5.75 Å². The van der Waals surface area contributed by atoms with E-state index in [9.17, 15) is 14.9 Å². The summed E-state index contributed by atoms with van der Waals surface area (Å²) in [5, 5.41) is 21.9.